The minimum Gasteiger partial charge on any atom is -0.269 e. The molecular weight excluding hydrogens is 187 g/mol. The molecule has 0 saturated heterocycles. The van der Waals surface area contributed by atoms with Gasteiger partial charge < -0.3 is 0 Å². The van der Waals surface area contributed by atoms with Gasteiger partial charge in [-0.2, -0.15) is 6.08 Å². The van der Waals surface area contributed by atoms with Gasteiger partial charge in [0, 0.05) is 26.2 Å². The maximum atomic E-state index is 3.63. The summed E-state index contributed by atoms with van der Waals surface area (Å²) < 4.78 is 0. The van der Waals surface area contributed by atoms with Gasteiger partial charge in [0.15, 0.2) is 0 Å². The zero-order valence-corrected chi connectivity index (χ0v) is 7.81. The summed E-state index contributed by atoms with van der Waals surface area (Å²) in [6.45, 7) is 3.63. The van der Waals surface area contributed by atoms with E-state index < -0.39 is 0 Å². The van der Waals surface area contributed by atoms with Crippen molar-refractivity contribution in [3.8, 4) is 0 Å². The molecule has 1 heteroatoms. The van der Waals surface area contributed by atoms with E-state index in [2.05, 4.69) is 24.8 Å². The van der Waals surface area contributed by atoms with Crippen LogP contribution in [0.5, 0.6) is 0 Å². The van der Waals surface area contributed by atoms with Crippen molar-refractivity contribution in [3.63, 3.8) is 0 Å². The van der Waals surface area contributed by atoms with Crippen LogP contribution in [0.4, 0.5) is 0 Å². The van der Waals surface area contributed by atoms with Crippen molar-refractivity contribution in [1.82, 2.24) is 0 Å². The van der Waals surface area contributed by atoms with Crippen LogP contribution in [0.2, 0.25) is 0 Å². The molecule has 0 spiro atoms. The summed E-state index contributed by atoms with van der Waals surface area (Å²) in [5.74, 6) is 0. The van der Waals surface area contributed by atoms with E-state index in [1.165, 1.54) is 5.57 Å². The number of allylic oxidation sites excluding steroid dienone is 5. The summed E-state index contributed by atoms with van der Waals surface area (Å²) in [5.41, 5.74) is 1.28. The summed E-state index contributed by atoms with van der Waals surface area (Å²) in [6, 6.07) is 0. The molecule has 0 heterocycles. The molecule has 0 bridgehead atoms. The van der Waals surface area contributed by atoms with Crippen molar-refractivity contribution < 1.29 is 26.2 Å². The molecule has 46 valence electrons. The van der Waals surface area contributed by atoms with Gasteiger partial charge in [0.25, 0.3) is 0 Å². The predicted octanol–water partition coefficient (Wildman–Crippen LogP) is 2.25. The van der Waals surface area contributed by atoms with Crippen LogP contribution in [0.15, 0.2) is 30.4 Å². The van der Waals surface area contributed by atoms with Crippen molar-refractivity contribution in [2.75, 3.05) is 0 Å². The SMILES string of the molecule is C=CCC1=[C-]CC=C1.[Zr]. The first-order valence-electron chi connectivity index (χ1n) is 2.80. The molecule has 0 nitrogen and oxygen atoms in total. The summed E-state index contributed by atoms with van der Waals surface area (Å²) in [4.78, 5) is 0. The molecular formula is C8H9Zr-. The third-order valence-electron chi connectivity index (χ3n) is 1.13. The van der Waals surface area contributed by atoms with E-state index in [1.54, 1.807) is 0 Å². The van der Waals surface area contributed by atoms with Crippen LogP contribution >= 0.6 is 0 Å². The molecule has 0 N–H and O–H groups in total. The molecule has 0 fully saturated rings. The average Bonchev–Trinajstić information content (AvgIpc) is 2.19. The van der Waals surface area contributed by atoms with Crippen LogP contribution in [0, 0.1) is 6.08 Å². The Kier molecular flexibility index (Phi) is 4.99. The van der Waals surface area contributed by atoms with E-state index in [0.29, 0.717) is 0 Å². The van der Waals surface area contributed by atoms with Gasteiger partial charge in [-0.25, -0.2) is 11.6 Å². The normalized spacial score (nSPS) is 14.4. The maximum Gasteiger partial charge on any atom is 0 e. The Bertz CT molecular complexity index is 143. The third kappa shape index (κ3) is 2.96. The second kappa shape index (κ2) is 4.93. The third-order valence-corrected chi connectivity index (χ3v) is 1.13. The van der Waals surface area contributed by atoms with E-state index in [1.807, 2.05) is 6.08 Å². The molecule has 1 aliphatic carbocycles. The van der Waals surface area contributed by atoms with Crippen molar-refractivity contribution in [3.05, 3.63) is 36.5 Å². The monoisotopic (exact) mass is 195 g/mol. The fourth-order valence-corrected chi connectivity index (χ4v) is 0.746. The molecule has 0 radical (unpaired) electrons. The molecule has 0 atom stereocenters. The number of hydrogen-bond acceptors (Lipinski definition) is 0. The topological polar surface area (TPSA) is 0 Å². The van der Waals surface area contributed by atoms with E-state index in [4.69, 9.17) is 0 Å². The van der Waals surface area contributed by atoms with Gasteiger partial charge in [-0.05, 0) is 6.42 Å². The first-order valence-corrected chi connectivity index (χ1v) is 2.80. The van der Waals surface area contributed by atoms with Crippen LogP contribution in [-0.4, -0.2) is 0 Å². The van der Waals surface area contributed by atoms with Gasteiger partial charge >= 0.3 is 0 Å². The molecule has 0 unspecified atom stereocenters. The Morgan fingerprint density at radius 2 is 2.56 bits per heavy atom. The molecule has 0 aromatic carbocycles. The summed E-state index contributed by atoms with van der Waals surface area (Å²) >= 11 is 0. The standard InChI is InChI=1S/C8H9.Zr/c1-2-5-8-6-3-4-7-8;/h2-3,6H,1,4-5H2;/q-1;. The van der Waals surface area contributed by atoms with Gasteiger partial charge in [0.05, 0.1) is 0 Å². The van der Waals surface area contributed by atoms with Gasteiger partial charge in [-0.3, -0.25) is 6.08 Å². The first kappa shape index (κ1) is 9.10. The molecule has 1 aliphatic rings. The summed E-state index contributed by atoms with van der Waals surface area (Å²) in [6.07, 6.45) is 11.3. The molecule has 9 heavy (non-hydrogen) atoms. The Hall–Kier alpha value is 0.103. The van der Waals surface area contributed by atoms with E-state index in [-0.39, 0.29) is 26.2 Å². The van der Waals surface area contributed by atoms with Crippen molar-refractivity contribution in [2.45, 2.75) is 12.8 Å². The van der Waals surface area contributed by atoms with Crippen LogP contribution in [0.3, 0.4) is 0 Å². The zero-order chi connectivity index (χ0) is 5.82. The fraction of sp³-hybridized carbons (Fsp3) is 0.250. The minimum absolute atomic E-state index is 0. The van der Waals surface area contributed by atoms with Gasteiger partial charge in [-0.1, -0.05) is 6.08 Å². The first-order chi connectivity index (χ1) is 3.93. The Morgan fingerprint density at radius 3 is 3.00 bits per heavy atom. The molecule has 0 saturated carbocycles. The molecule has 0 aliphatic heterocycles. The smallest absolute Gasteiger partial charge is 0 e. The summed E-state index contributed by atoms with van der Waals surface area (Å²) in [7, 11) is 0. The van der Waals surface area contributed by atoms with Crippen molar-refractivity contribution >= 4 is 0 Å². The van der Waals surface area contributed by atoms with Crippen molar-refractivity contribution in [2.24, 2.45) is 0 Å². The molecule has 0 aromatic rings. The Labute approximate surface area is 75.5 Å². The second-order valence-electron chi connectivity index (χ2n) is 1.80. The molecule has 1 rings (SSSR count). The Morgan fingerprint density at radius 1 is 1.78 bits per heavy atom. The summed E-state index contributed by atoms with van der Waals surface area (Å²) in [5, 5.41) is 0. The van der Waals surface area contributed by atoms with E-state index >= 15 is 0 Å². The quantitative estimate of drug-likeness (QED) is 0.469. The number of rotatable bonds is 2. The van der Waals surface area contributed by atoms with Crippen LogP contribution in [0.1, 0.15) is 12.8 Å². The van der Waals surface area contributed by atoms with Gasteiger partial charge in [0.2, 0.25) is 0 Å². The van der Waals surface area contributed by atoms with Crippen LogP contribution < -0.4 is 0 Å². The van der Waals surface area contributed by atoms with Gasteiger partial charge in [0.1, 0.15) is 0 Å². The Balaban J connectivity index is 0.000000640. The van der Waals surface area contributed by atoms with E-state index in [0.717, 1.165) is 12.8 Å². The molecule has 0 amide bonds. The molecule has 0 aromatic heterocycles. The zero-order valence-electron chi connectivity index (χ0n) is 5.35. The predicted molar refractivity (Wildman–Crippen MR) is 35.3 cm³/mol. The van der Waals surface area contributed by atoms with E-state index in [9.17, 15) is 0 Å². The van der Waals surface area contributed by atoms with Crippen molar-refractivity contribution in [1.29, 1.82) is 0 Å². The largest absolute Gasteiger partial charge is 0.269 e. The van der Waals surface area contributed by atoms with Crippen LogP contribution in [0.25, 0.3) is 0 Å². The second-order valence-corrected chi connectivity index (χ2v) is 1.80. The maximum absolute atomic E-state index is 3.63. The average molecular weight is 196 g/mol. The fourth-order valence-electron chi connectivity index (χ4n) is 0.746. The minimum atomic E-state index is 0. The number of hydrogen-bond donors (Lipinski definition) is 0. The van der Waals surface area contributed by atoms with Gasteiger partial charge in [-0.15, -0.1) is 13.0 Å². The van der Waals surface area contributed by atoms with Crippen LogP contribution in [-0.2, 0) is 26.2 Å².